The summed E-state index contributed by atoms with van der Waals surface area (Å²) in [5.41, 5.74) is 7.05. The van der Waals surface area contributed by atoms with Crippen LogP contribution in [0.2, 0.25) is 0 Å². The number of nitriles is 1. The molecule has 7 nitrogen and oxygen atoms in total. The third kappa shape index (κ3) is 4.36. The quantitative estimate of drug-likeness (QED) is 0.250. The molecule has 0 aliphatic heterocycles. The molecule has 0 amide bonds. The van der Waals surface area contributed by atoms with Crippen LogP contribution in [-0.4, -0.2) is 28.2 Å². The van der Waals surface area contributed by atoms with Gasteiger partial charge in [-0.15, -0.1) is 11.3 Å². The molecular weight excluding hydrogens is 432 g/mol. The van der Waals surface area contributed by atoms with Crippen molar-refractivity contribution >= 4 is 39.1 Å². The van der Waals surface area contributed by atoms with Gasteiger partial charge in [-0.05, 0) is 38.0 Å². The molecule has 1 aromatic carbocycles. The number of ketones is 1. The van der Waals surface area contributed by atoms with E-state index in [4.69, 9.17) is 15.5 Å². The molecule has 0 radical (unpaired) electrons. The van der Waals surface area contributed by atoms with E-state index >= 15 is 0 Å². The maximum absolute atomic E-state index is 13.6. The van der Waals surface area contributed by atoms with Gasteiger partial charge >= 0.3 is 0 Å². The van der Waals surface area contributed by atoms with Crippen molar-refractivity contribution < 1.29 is 9.53 Å². The number of aryl methyl sites for hydroxylation is 2. The summed E-state index contributed by atoms with van der Waals surface area (Å²) in [4.78, 5) is 32.5. The Bertz CT molecular complexity index is 1290. The van der Waals surface area contributed by atoms with Gasteiger partial charge in [0.25, 0.3) is 5.56 Å². The molecule has 2 aromatic heterocycles. The summed E-state index contributed by atoms with van der Waals surface area (Å²) in [6.45, 7) is 5.48. The van der Waals surface area contributed by atoms with Crippen LogP contribution in [0.15, 0.2) is 45.5 Å². The van der Waals surface area contributed by atoms with E-state index in [9.17, 15) is 14.9 Å². The van der Waals surface area contributed by atoms with Gasteiger partial charge in [-0.1, -0.05) is 24.8 Å². The second-order valence-corrected chi connectivity index (χ2v) is 8.83. The zero-order chi connectivity index (χ0) is 22.7. The molecule has 3 rings (SSSR count). The zero-order valence-electron chi connectivity index (χ0n) is 17.7. The average molecular weight is 455 g/mol. The van der Waals surface area contributed by atoms with E-state index < -0.39 is 5.78 Å². The van der Waals surface area contributed by atoms with Crippen molar-refractivity contribution in [1.82, 2.24) is 9.55 Å². The van der Waals surface area contributed by atoms with Crippen molar-refractivity contribution in [1.29, 1.82) is 5.26 Å². The Balaban J connectivity index is 2.19. The fourth-order valence-electron chi connectivity index (χ4n) is 3.19. The predicted molar refractivity (Wildman–Crippen MR) is 124 cm³/mol. The average Bonchev–Trinajstić information content (AvgIpc) is 3.08. The van der Waals surface area contributed by atoms with E-state index in [1.165, 1.54) is 22.8 Å². The second kappa shape index (κ2) is 9.37. The van der Waals surface area contributed by atoms with Gasteiger partial charge in [0.2, 0.25) is 0 Å². The highest BCUT2D eigenvalue weighted by Crippen LogP contribution is 2.31. The fourth-order valence-corrected chi connectivity index (χ4v) is 5.24. The number of Topliss-reactive ketones (excluding diaryl/α,β-unsaturated/α-hetero) is 1. The summed E-state index contributed by atoms with van der Waals surface area (Å²) in [5, 5.41) is 10.1. The number of methoxy groups -OCH3 is 1. The van der Waals surface area contributed by atoms with Crippen LogP contribution >= 0.6 is 23.1 Å². The Morgan fingerprint density at radius 1 is 1.42 bits per heavy atom. The number of fused-ring (bicyclic) bond motifs is 1. The molecule has 0 saturated heterocycles. The highest BCUT2D eigenvalue weighted by Gasteiger charge is 2.21. The normalized spacial score (nSPS) is 11.8. The molecule has 0 atom stereocenters. The van der Waals surface area contributed by atoms with E-state index in [-0.39, 0.29) is 22.6 Å². The summed E-state index contributed by atoms with van der Waals surface area (Å²) in [7, 11) is 1.55. The number of ether oxygens (including phenoxy) is 1. The van der Waals surface area contributed by atoms with Gasteiger partial charge < -0.3 is 10.5 Å². The molecule has 0 bridgehead atoms. The number of thioether (sulfide) groups is 1. The first-order valence-corrected chi connectivity index (χ1v) is 11.3. The Morgan fingerprint density at radius 3 is 2.77 bits per heavy atom. The molecule has 2 N–H and O–H groups in total. The molecule has 0 unspecified atom stereocenters. The maximum Gasteiger partial charge on any atom is 0.267 e. The van der Waals surface area contributed by atoms with Crippen molar-refractivity contribution in [2.45, 2.75) is 32.3 Å². The smallest absolute Gasteiger partial charge is 0.267 e. The van der Waals surface area contributed by atoms with Gasteiger partial charge in [0.15, 0.2) is 10.9 Å². The Labute approximate surface area is 188 Å². The van der Waals surface area contributed by atoms with Crippen molar-refractivity contribution in [2.75, 3.05) is 12.9 Å². The number of nitrogens with two attached hydrogens (primary N) is 1. The van der Waals surface area contributed by atoms with E-state index in [1.807, 2.05) is 19.9 Å². The number of benzene rings is 1. The number of rotatable bonds is 7. The van der Waals surface area contributed by atoms with Crippen LogP contribution in [-0.2, 0) is 11.2 Å². The highest BCUT2D eigenvalue weighted by molar-refractivity contribution is 7.99. The van der Waals surface area contributed by atoms with Crippen LogP contribution < -0.4 is 16.0 Å². The van der Waals surface area contributed by atoms with Gasteiger partial charge in [0, 0.05) is 16.6 Å². The van der Waals surface area contributed by atoms with Crippen LogP contribution in [0.5, 0.6) is 5.75 Å². The number of carbonyl (C=O) groups is 1. The number of aromatic nitrogens is 2. The number of hydrogen-bond acceptors (Lipinski definition) is 8. The molecule has 9 heteroatoms. The minimum Gasteiger partial charge on any atom is -0.497 e. The SMILES string of the molecule is CCc1sc2nc(SCC(=O)C(C#N)=C(C)N)n(-c3cccc(OC)c3)c(=O)c2c1C. The number of carbonyl (C=O) groups excluding carboxylic acids is 1. The minimum absolute atomic E-state index is 0.0651. The third-order valence-electron chi connectivity index (χ3n) is 4.78. The van der Waals surface area contributed by atoms with Crippen molar-refractivity contribution in [3.8, 4) is 17.5 Å². The van der Waals surface area contributed by atoms with Crippen molar-refractivity contribution in [3.05, 3.63) is 56.3 Å². The molecule has 31 heavy (non-hydrogen) atoms. The molecule has 3 aromatic rings. The molecule has 2 heterocycles. The summed E-state index contributed by atoms with van der Waals surface area (Å²) in [6, 6.07) is 8.95. The summed E-state index contributed by atoms with van der Waals surface area (Å²) >= 11 is 2.59. The lowest BCUT2D eigenvalue weighted by Crippen LogP contribution is -2.22. The first-order chi connectivity index (χ1) is 14.8. The van der Waals surface area contributed by atoms with Gasteiger partial charge in [0.05, 0.1) is 23.9 Å². The summed E-state index contributed by atoms with van der Waals surface area (Å²) < 4.78 is 6.80. The number of nitrogens with zero attached hydrogens (tertiary/aromatic N) is 3. The number of thiophene rings is 1. The molecule has 0 saturated carbocycles. The van der Waals surface area contributed by atoms with E-state index in [0.29, 0.717) is 26.8 Å². The standard InChI is InChI=1S/C22H22N4O3S2/c1-5-18-12(2)19-20(31-18)25-22(30-11-17(27)16(10-23)13(3)24)26(21(19)28)14-7-6-8-15(9-14)29-4/h6-9H,5,11,24H2,1-4H3. The lowest BCUT2D eigenvalue weighted by Gasteiger charge is -2.13. The highest BCUT2D eigenvalue weighted by atomic mass is 32.2. The zero-order valence-corrected chi connectivity index (χ0v) is 19.3. The van der Waals surface area contributed by atoms with Gasteiger partial charge in [-0.2, -0.15) is 5.26 Å². The second-order valence-electron chi connectivity index (χ2n) is 6.80. The van der Waals surface area contributed by atoms with Gasteiger partial charge in [-0.25, -0.2) is 4.98 Å². The van der Waals surface area contributed by atoms with E-state index in [1.54, 1.807) is 31.4 Å². The molecular formula is C22H22N4O3S2. The Hall–Kier alpha value is -3.09. The third-order valence-corrected chi connectivity index (χ3v) is 7.05. The molecule has 160 valence electrons. The molecule has 0 aliphatic carbocycles. The van der Waals surface area contributed by atoms with Crippen LogP contribution in [0.25, 0.3) is 15.9 Å². The monoisotopic (exact) mass is 454 g/mol. The number of allylic oxidation sites excluding steroid dienone is 2. The van der Waals surface area contributed by atoms with Crippen LogP contribution in [0.1, 0.15) is 24.3 Å². The van der Waals surface area contributed by atoms with Crippen LogP contribution in [0.3, 0.4) is 0 Å². The van der Waals surface area contributed by atoms with E-state index in [2.05, 4.69) is 0 Å². The van der Waals surface area contributed by atoms with Crippen LogP contribution in [0, 0.1) is 18.3 Å². The Morgan fingerprint density at radius 2 is 2.16 bits per heavy atom. The maximum atomic E-state index is 13.6. The Kier molecular flexibility index (Phi) is 6.83. The number of hydrogen-bond donors (Lipinski definition) is 1. The van der Waals surface area contributed by atoms with E-state index in [0.717, 1.165) is 28.6 Å². The first kappa shape index (κ1) is 22.6. The molecule has 0 aliphatic rings. The lowest BCUT2D eigenvalue weighted by atomic mass is 10.2. The summed E-state index contributed by atoms with van der Waals surface area (Å²) in [5.74, 6) is 0.126. The molecule has 0 fully saturated rings. The topological polar surface area (TPSA) is 111 Å². The lowest BCUT2D eigenvalue weighted by molar-refractivity contribution is -0.112. The van der Waals surface area contributed by atoms with Crippen molar-refractivity contribution in [2.24, 2.45) is 5.73 Å². The minimum atomic E-state index is -0.407. The summed E-state index contributed by atoms with van der Waals surface area (Å²) in [6.07, 6.45) is 0.804. The predicted octanol–water partition coefficient (Wildman–Crippen LogP) is 3.74. The van der Waals surface area contributed by atoms with Gasteiger partial charge in [-0.3, -0.25) is 14.2 Å². The van der Waals surface area contributed by atoms with Crippen molar-refractivity contribution in [3.63, 3.8) is 0 Å². The fraction of sp³-hybridized carbons (Fsp3) is 0.273. The molecule has 0 spiro atoms. The largest absolute Gasteiger partial charge is 0.497 e. The van der Waals surface area contributed by atoms with Gasteiger partial charge in [0.1, 0.15) is 22.2 Å². The first-order valence-electron chi connectivity index (χ1n) is 9.54. The van der Waals surface area contributed by atoms with Crippen LogP contribution in [0.4, 0.5) is 0 Å².